The van der Waals surface area contributed by atoms with Gasteiger partial charge in [0, 0.05) is 11.8 Å². The zero-order valence-corrected chi connectivity index (χ0v) is 13.7. The Kier molecular flexibility index (Phi) is 4.55. The van der Waals surface area contributed by atoms with Crippen molar-refractivity contribution in [3.05, 3.63) is 35.4 Å². The van der Waals surface area contributed by atoms with Gasteiger partial charge in [0.1, 0.15) is 6.17 Å². The summed E-state index contributed by atoms with van der Waals surface area (Å²) in [5, 5.41) is 4.05. The number of hydrogen-bond donors (Lipinski definition) is 1. The van der Waals surface area contributed by atoms with Crippen LogP contribution in [0.3, 0.4) is 0 Å². The minimum Gasteiger partial charge on any atom is -0.320 e. The van der Waals surface area contributed by atoms with Crippen LogP contribution in [0.15, 0.2) is 24.3 Å². The third-order valence-corrected chi connectivity index (χ3v) is 5.79. The lowest BCUT2D eigenvalue weighted by molar-refractivity contribution is -0.129. The number of nitrogens with zero attached hydrogens (tertiary/aromatic N) is 1. The maximum atomic E-state index is 12.5. The summed E-state index contributed by atoms with van der Waals surface area (Å²) in [5.74, 6) is 1.48. The first-order valence-electron chi connectivity index (χ1n) is 7.90. The second kappa shape index (κ2) is 6.41. The van der Waals surface area contributed by atoms with Crippen molar-refractivity contribution in [2.45, 2.75) is 50.6 Å². The van der Waals surface area contributed by atoms with E-state index in [1.54, 1.807) is 0 Å². The molecule has 0 aromatic heterocycles. The van der Waals surface area contributed by atoms with Gasteiger partial charge in [0.25, 0.3) is 0 Å². The van der Waals surface area contributed by atoms with Crippen LogP contribution < -0.4 is 5.32 Å². The fourth-order valence-electron chi connectivity index (χ4n) is 3.26. The van der Waals surface area contributed by atoms with Gasteiger partial charge in [0.15, 0.2) is 0 Å². The molecule has 0 bridgehead atoms. The molecule has 1 aromatic carbocycles. The number of hydrogen-bond acceptors (Lipinski definition) is 3. The van der Waals surface area contributed by atoms with Crippen LogP contribution in [0.5, 0.6) is 0 Å². The minimum absolute atomic E-state index is 0.0370. The molecule has 3 atom stereocenters. The Bertz CT molecular complexity index is 513. The summed E-state index contributed by atoms with van der Waals surface area (Å²) in [6.07, 6.45) is 3.90. The highest BCUT2D eigenvalue weighted by Crippen LogP contribution is 2.31. The van der Waals surface area contributed by atoms with Gasteiger partial charge in [-0.15, -0.1) is 0 Å². The number of amides is 1. The lowest BCUT2D eigenvalue weighted by Crippen LogP contribution is -2.37. The summed E-state index contributed by atoms with van der Waals surface area (Å²) in [4.78, 5) is 14.6. The van der Waals surface area contributed by atoms with Crippen LogP contribution >= 0.6 is 11.8 Å². The van der Waals surface area contributed by atoms with Crippen LogP contribution in [0.25, 0.3) is 0 Å². The second-order valence-electron chi connectivity index (χ2n) is 6.18. The SMILES string of the molecule is Cc1cccc(C2NC(C)C(=O)N2CC2CCCCS2)c1. The molecule has 2 fully saturated rings. The highest BCUT2D eigenvalue weighted by molar-refractivity contribution is 7.99. The summed E-state index contributed by atoms with van der Waals surface area (Å²) in [6, 6.07) is 8.41. The smallest absolute Gasteiger partial charge is 0.241 e. The van der Waals surface area contributed by atoms with Crippen molar-refractivity contribution in [2.75, 3.05) is 12.3 Å². The molecule has 21 heavy (non-hydrogen) atoms. The van der Waals surface area contributed by atoms with Gasteiger partial charge < -0.3 is 4.90 Å². The largest absolute Gasteiger partial charge is 0.320 e. The van der Waals surface area contributed by atoms with Gasteiger partial charge >= 0.3 is 0 Å². The van der Waals surface area contributed by atoms with E-state index in [-0.39, 0.29) is 18.1 Å². The maximum Gasteiger partial charge on any atom is 0.241 e. The zero-order chi connectivity index (χ0) is 14.8. The molecule has 3 unspecified atom stereocenters. The molecule has 2 aliphatic heterocycles. The molecule has 1 aromatic rings. The van der Waals surface area contributed by atoms with E-state index in [1.165, 1.54) is 36.1 Å². The van der Waals surface area contributed by atoms with Gasteiger partial charge in [-0.25, -0.2) is 0 Å². The number of aryl methyl sites for hydroxylation is 1. The van der Waals surface area contributed by atoms with Crippen LogP contribution in [0, 0.1) is 6.92 Å². The molecule has 2 aliphatic rings. The predicted octanol–water partition coefficient (Wildman–Crippen LogP) is 3.10. The van der Waals surface area contributed by atoms with Gasteiger partial charge in [0.2, 0.25) is 5.91 Å². The first-order chi connectivity index (χ1) is 10.1. The number of carbonyl (C=O) groups excluding carboxylic acids is 1. The van der Waals surface area contributed by atoms with Crippen molar-refractivity contribution < 1.29 is 4.79 Å². The van der Waals surface area contributed by atoms with Gasteiger partial charge in [-0.2, -0.15) is 11.8 Å². The van der Waals surface area contributed by atoms with Crippen molar-refractivity contribution in [3.8, 4) is 0 Å². The molecule has 0 aliphatic carbocycles. The van der Waals surface area contributed by atoms with Gasteiger partial charge in [0.05, 0.1) is 6.04 Å². The van der Waals surface area contributed by atoms with Crippen LogP contribution in [-0.2, 0) is 4.79 Å². The molecular formula is C17H24N2OS. The summed E-state index contributed by atoms with van der Waals surface area (Å²) in [7, 11) is 0. The molecule has 3 rings (SSSR count). The van der Waals surface area contributed by atoms with E-state index in [0.717, 1.165) is 6.54 Å². The maximum absolute atomic E-state index is 12.5. The average Bonchev–Trinajstić information content (AvgIpc) is 2.77. The Morgan fingerprint density at radius 1 is 1.38 bits per heavy atom. The summed E-state index contributed by atoms with van der Waals surface area (Å²) in [6.45, 7) is 4.95. The van der Waals surface area contributed by atoms with Crippen molar-refractivity contribution >= 4 is 17.7 Å². The zero-order valence-electron chi connectivity index (χ0n) is 12.8. The topological polar surface area (TPSA) is 32.3 Å². The fraction of sp³-hybridized carbons (Fsp3) is 0.588. The van der Waals surface area contributed by atoms with Crippen LogP contribution in [-0.4, -0.2) is 34.4 Å². The van der Waals surface area contributed by atoms with Crippen molar-refractivity contribution in [2.24, 2.45) is 0 Å². The Morgan fingerprint density at radius 2 is 2.24 bits per heavy atom. The highest BCUT2D eigenvalue weighted by atomic mass is 32.2. The fourth-order valence-corrected chi connectivity index (χ4v) is 4.56. The van der Waals surface area contributed by atoms with E-state index in [9.17, 15) is 4.79 Å². The summed E-state index contributed by atoms with van der Waals surface area (Å²) in [5.41, 5.74) is 2.45. The standard InChI is InChI=1S/C17H24N2OS/c1-12-6-5-7-14(10-12)16-18-13(2)17(20)19(16)11-15-8-3-4-9-21-15/h5-7,10,13,15-16,18H,3-4,8-9,11H2,1-2H3. The molecular weight excluding hydrogens is 280 g/mol. The summed E-state index contributed by atoms with van der Waals surface area (Å²) < 4.78 is 0. The lowest BCUT2D eigenvalue weighted by Gasteiger charge is -2.30. The Hall–Kier alpha value is -1.00. The first-order valence-corrected chi connectivity index (χ1v) is 8.95. The molecule has 2 saturated heterocycles. The monoisotopic (exact) mass is 304 g/mol. The van der Waals surface area contributed by atoms with Crippen molar-refractivity contribution in [3.63, 3.8) is 0 Å². The molecule has 0 radical (unpaired) electrons. The molecule has 0 saturated carbocycles. The number of benzene rings is 1. The van der Waals surface area contributed by atoms with Gasteiger partial charge in [-0.3, -0.25) is 10.1 Å². The van der Waals surface area contributed by atoms with Crippen LogP contribution in [0.4, 0.5) is 0 Å². The molecule has 1 N–H and O–H groups in total. The van der Waals surface area contributed by atoms with Gasteiger partial charge in [-0.1, -0.05) is 36.2 Å². The molecule has 4 heteroatoms. The lowest BCUT2D eigenvalue weighted by atomic mass is 10.1. The molecule has 114 valence electrons. The predicted molar refractivity (Wildman–Crippen MR) is 88.3 cm³/mol. The normalized spacial score (nSPS) is 29.9. The number of carbonyl (C=O) groups is 1. The molecule has 0 spiro atoms. The molecule has 2 heterocycles. The number of nitrogens with one attached hydrogen (secondary N) is 1. The minimum atomic E-state index is -0.0795. The van der Waals surface area contributed by atoms with Crippen LogP contribution in [0.1, 0.15) is 43.5 Å². The van der Waals surface area contributed by atoms with Crippen molar-refractivity contribution in [1.82, 2.24) is 10.2 Å². The average molecular weight is 304 g/mol. The third kappa shape index (κ3) is 3.27. The quantitative estimate of drug-likeness (QED) is 0.931. The van der Waals surface area contributed by atoms with Crippen LogP contribution in [0.2, 0.25) is 0 Å². The Balaban J connectivity index is 1.78. The van der Waals surface area contributed by atoms with E-state index in [1.807, 2.05) is 18.7 Å². The second-order valence-corrected chi connectivity index (χ2v) is 7.59. The van der Waals surface area contributed by atoms with E-state index in [2.05, 4.69) is 41.4 Å². The third-order valence-electron chi connectivity index (χ3n) is 4.41. The van der Waals surface area contributed by atoms with E-state index >= 15 is 0 Å². The first kappa shape index (κ1) is 14.9. The number of thioether (sulfide) groups is 1. The van der Waals surface area contributed by atoms with E-state index < -0.39 is 0 Å². The molecule has 1 amide bonds. The summed E-state index contributed by atoms with van der Waals surface area (Å²) >= 11 is 2.03. The highest BCUT2D eigenvalue weighted by Gasteiger charge is 2.38. The Labute approximate surface area is 131 Å². The molecule has 3 nitrogen and oxygen atoms in total. The van der Waals surface area contributed by atoms with Crippen molar-refractivity contribution in [1.29, 1.82) is 0 Å². The van der Waals surface area contributed by atoms with Gasteiger partial charge in [-0.05, 0) is 38.0 Å². The van der Waals surface area contributed by atoms with E-state index in [0.29, 0.717) is 5.25 Å². The Morgan fingerprint density at radius 3 is 2.95 bits per heavy atom. The number of rotatable bonds is 3. The van der Waals surface area contributed by atoms with E-state index in [4.69, 9.17) is 0 Å².